The molecule has 2 aromatic heterocycles. The van der Waals surface area contributed by atoms with E-state index in [1.54, 1.807) is 49.8 Å². The number of nitrogens with zero attached hydrogens (tertiary/aromatic N) is 1. The van der Waals surface area contributed by atoms with Crippen LogP contribution < -0.4 is 20.7 Å². The van der Waals surface area contributed by atoms with Crippen molar-refractivity contribution in [2.24, 2.45) is 0 Å². The molecule has 0 saturated carbocycles. The van der Waals surface area contributed by atoms with Gasteiger partial charge in [-0.1, -0.05) is 0 Å². The highest BCUT2D eigenvalue weighted by Crippen LogP contribution is 2.24. The number of carbonyl (C=O) groups is 2. The summed E-state index contributed by atoms with van der Waals surface area (Å²) >= 11 is 0. The number of rotatable bonds is 7. The van der Waals surface area contributed by atoms with Crippen molar-refractivity contribution in [3.8, 4) is 17.0 Å². The second-order valence-electron chi connectivity index (χ2n) is 6.81. The van der Waals surface area contributed by atoms with Crippen LogP contribution in [0.5, 0.6) is 5.75 Å². The summed E-state index contributed by atoms with van der Waals surface area (Å²) in [5.41, 5.74) is 3.00. The first kappa shape index (κ1) is 20.7. The highest BCUT2D eigenvalue weighted by Gasteiger charge is 2.16. The lowest BCUT2D eigenvalue weighted by molar-refractivity contribution is 0.102. The second-order valence-corrected chi connectivity index (χ2v) is 6.81. The van der Waals surface area contributed by atoms with Crippen LogP contribution in [0.3, 0.4) is 0 Å². The number of carbonyl (C=O) groups excluding carboxylic acids is 2. The minimum atomic E-state index is -0.360. The van der Waals surface area contributed by atoms with E-state index >= 15 is 0 Å². The largest absolute Gasteiger partial charge is 0.497 e. The maximum absolute atomic E-state index is 12.8. The summed E-state index contributed by atoms with van der Waals surface area (Å²) in [6, 6.07) is 17.3. The summed E-state index contributed by atoms with van der Waals surface area (Å²) in [6.07, 6.45) is 3.03. The number of furan rings is 1. The number of amides is 3. The first-order chi connectivity index (χ1) is 15.6. The number of hydrogen-bond donors (Lipinski definition) is 4. The third-order valence-corrected chi connectivity index (χ3v) is 4.67. The van der Waals surface area contributed by atoms with Crippen molar-refractivity contribution in [2.75, 3.05) is 17.7 Å². The third-order valence-electron chi connectivity index (χ3n) is 4.67. The van der Waals surface area contributed by atoms with Gasteiger partial charge in [0.25, 0.3) is 5.91 Å². The average Bonchev–Trinajstić information content (AvgIpc) is 3.51. The van der Waals surface area contributed by atoms with Crippen LogP contribution in [0, 0.1) is 0 Å². The molecule has 2 heterocycles. The number of nitrogens with one attached hydrogen (secondary N) is 4. The van der Waals surface area contributed by atoms with Gasteiger partial charge < -0.3 is 25.1 Å². The Bertz CT molecular complexity index is 1180. The van der Waals surface area contributed by atoms with Gasteiger partial charge in [0.2, 0.25) is 0 Å². The van der Waals surface area contributed by atoms with Crippen molar-refractivity contribution >= 4 is 23.3 Å². The van der Waals surface area contributed by atoms with Crippen LogP contribution in [0.2, 0.25) is 0 Å². The summed E-state index contributed by atoms with van der Waals surface area (Å²) in [5.74, 6) is 1.08. The predicted octanol–water partition coefficient (Wildman–Crippen LogP) is 4.25. The molecule has 0 atom stereocenters. The van der Waals surface area contributed by atoms with E-state index < -0.39 is 0 Å². The minimum absolute atomic E-state index is 0.286. The molecule has 0 unspecified atom stereocenters. The molecule has 2 aromatic carbocycles. The molecule has 0 aliphatic rings. The van der Waals surface area contributed by atoms with Crippen LogP contribution in [0.1, 0.15) is 16.1 Å². The van der Waals surface area contributed by atoms with Crippen LogP contribution in [-0.2, 0) is 6.54 Å². The van der Waals surface area contributed by atoms with Gasteiger partial charge in [0.15, 0.2) is 0 Å². The lowest BCUT2D eigenvalue weighted by Crippen LogP contribution is -2.27. The molecule has 0 saturated heterocycles. The number of H-pyrrole nitrogens is 1. The van der Waals surface area contributed by atoms with Gasteiger partial charge in [0.05, 0.1) is 37.4 Å². The normalized spacial score (nSPS) is 10.4. The smallest absolute Gasteiger partial charge is 0.319 e. The zero-order valence-electron chi connectivity index (χ0n) is 17.2. The second kappa shape index (κ2) is 9.52. The molecule has 0 radical (unpaired) electrons. The Kier molecular flexibility index (Phi) is 6.17. The van der Waals surface area contributed by atoms with E-state index in [4.69, 9.17) is 9.15 Å². The molecule has 0 aliphatic heterocycles. The highest BCUT2D eigenvalue weighted by molar-refractivity contribution is 6.08. The molecule has 4 aromatic rings. The summed E-state index contributed by atoms with van der Waals surface area (Å²) in [5, 5.41) is 15.1. The summed E-state index contributed by atoms with van der Waals surface area (Å²) < 4.78 is 10.3. The lowest BCUT2D eigenvalue weighted by Gasteiger charge is -2.09. The Morgan fingerprint density at radius 1 is 1.00 bits per heavy atom. The standard InChI is InChI=1S/C23H21N5O4/c1-31-18-10-4-15(5-11-18)21-20(14-25-28-21)22(29)26-16-6-8-17(9-7-16)27-23(30)24-13-19-3-2-12-32-19/h2-12,14H,13H2,1H3,(H,25,28)(H,26,29)(H2,24,27,30). The maximum atomic E-state index is 12.8. The molecule has 3 amide bonds. The molecule has 9 nitrogen and oxygen atoms in total. The Hall–Kier alpha value is -4.53. The van der Waals surface area contributed by atoms with Gasteiger partial charge in [0.1, 0.15) is 11.5 Å². The average molecular weight is 431 g/mol. The Morgan fingerprint density at radius 3 is 2.38 bits per heavy atom. The Morgan fingerprint density at radius 2 is 1.72 bits per heavy atom. The maximum Gasteiger partial charge on any atom is 0.319 e. The zero-order valence-corrected chi connectivity index (χ0v) is 17.2. The third kappa shape index (κ3) is 4.96. The van der Waals surface area contributed by atoms with Crippen LogP contribution in [0.25, 0.3) is 11.3 Å². The van der Waals surface area contributed by atoms with Gasteiger partial charge >= 0.3 is 6.03 Å². The monoisotopic (exact) mass is 431 g/mol. The molecule has 0 aliphatic carbocycles. The lowest BCUT2D eigenvalue weighted by atomic mass is 10.1. The molecule has 32 heavy (non-hydrogen) atoms. The summed E-state index contributed by atoms with van der Waals surface area (Å²) in [7, 11) is 1.60. The van der Waals surface area contributed by atoms with Gasteiger partial charge in [-0.2, -0.15) is 5.10 Å². The number of urea groups is 1. The van der Waals surface area contributed by atoms with Crippen LogP contribution >= 0.6 is 0 Å². The van der Waals surface area contributed by atoms with Crippen molar-refractivity contribution in [3.05, 3.63) is 84.4 Å². The molecular weight excluding hydrogens is 410 g/mol. The van der Waals surface area contributed by atoms with Gasteiger partial charge in [-0.15, -0.1) is 0 Å². The van der Waals surface area contributed by atoms with E-state index in [2.05, 4.69) is 26.1 Å². The van der Waals surface area contributed by atoms with E-state index in [9.17, 15) is 9.59 Å². The summed E-state index contributed by atoms with van der Waals surface area (Å²) in [4.78, 5) is 24.8. The number of benzene rings is 2. The molecule has 9 heteroatoms. The van der Waals surface area contributed by atoms with Crippen molar-refractivity contribution < 1.29 is 18.7 Å². The van der Waals surface area contributed by atoms with Crippen molar-refractivity contribution in [2.45, 2.75) is 6.54 Å². The molecule has 0 fully saturated rings. The molecule has 4 rings (SSSR count). The number of anilines is 2. The highest BCUT2D eigenvalue weighted by atomic mass is 16.5. The van der Waals surface area contributed by atoms with E-state index in [0.29, 0.717) is 28.4 Å². The number of hydrogen-bond acceptors (Lipinski definition) is 5. The number of methoxy groups -OCH3 is 1. The first-order valence-corrected chi connectivity index (χ1v) is 9.79. The molecule has 162 valence electrons. The van der Waals surface area contributed by atoms with E-state index in [0.717, 1.165) is 11.3 Å². The van der Waals surface area contributed by atoms with E-state index in [-0.39, 0.29) is 18.5 Å². The zero-order chi connectivity index (χ0) is 22.3. The summed E-state index contributed by atoms with van der Waals surface area (Å²) in [6.45, 7) is 0.286. The van der Waals surface area contributed by atoms with Crippen LogP contribution in [0.15, 0.2) is 77.5 Å². The SMILES string of the molecule is COc1ccc(-c2[nH]ncc2C(=O)Nc2ccc(NC(=O)NCc3ccco3)cc2)cc1. The van der Waals surface area contributed by atoms with Crippen LogP contribution in [0.4, 0.5) is 16.2 Å². The van der Waals surface area contributed by atoms with Crippen LogP contribution in [-0.4, -0.2) is 29.2 Å². The fourth-order valence-corrected chi connectivity index (χ4v) is 3.03. The Balaban J connectivity index is 1.36. The van der Waals surface area contributed by atoms with Crippen molar-refractivity contribution in [1.29, 1.82) is 0 Å². The van der Waals surface area contributed by atoms with Gasteiger partial charge in [-0.3, -0.25) is 9.89 Å². The molecule has 4 N–H and O–H groups in total. The van der Waals surface area contributed by atoms with Crippen molar-refractivity contribution in [1.82, 2.24) is 15.5 Å². The van der Waals surface area contributed by atoms with E-state index in [1.807, 2.05) is 24.3 Å². The molecule has 0 bridgehead atoms. The fraction of sp³-hybridized carbons (Fsp3) is 0.0870. The fourth-order valence-electron chi connectivity index (χ4n) is 3.03. The quantitative estimate of drug-likeness (QED) is 0.348. The molecular formula is C23H21N5O4. The van der Waals surface area contributed by atoms with Crippen molar-refractivity contribution in [3.63, 3.8) is 0 Å². The topological polar surface area (TPSA) is 121 Å². The first-order valence-electron chi connectivity index (χ1n) is 9.79. The number of ether oxygens (including phenoxy) is 1. The minimum Gasteiger partial charge on any atom is -0.497 e. The number of aromatic nitrogens is 2. The van der Waals surface area contributed by atoms with Gasteiger partial charge in [-0.05, 0) is 60.7 Å². The van der Waals surface area contributed by atoms with Gasteiger partial charge in [0, 0.05) is 16.9 Å². The Labute approximate surface area is 183 Å². The number of aromatic amines is 1. The van der Waals surface area contributed by atoms with E-state index in [1.165, 1.54) is 6.20 Å². The van der Waals surface area contributed by atoms with Gasteiger partial charge in [-0.25, -0.2) is 4.79 Å². The predicted molar refractivity (Wildman–Crippen MR) is 120 cm³/mol. The molecule has 0 spiro atoms.